The number of nitriles is 1. The molecular weight excluding hydrogens is 208 g/mol. The molecule has 1 aliphatic rings. The summed E-state index contributed by atoms with van der Waals surface area (Å²) in [7, 11) is 0. The zero-order valence-corrected chi connectivity index (χ0v) is 8.93. The first-order valence-corrected chi connectivity index (χ1v) is 4.96. The molecule has 0 aromatic carbocycles. The second-order valence-corrected chi connectivity index (χ2v) is 3.55. The van der Waals surface area contributed by atoms with Gasteiger partial charge in [-0.2, -0.15) is 5.26 Å². The molecule has 0 bridgehead atoms. The Kier molecular flexibility index (Phi) is 2.99. The first-order chi connectivity index (χ1) is 7.73. The number of nitrogens with zero attached hydrogens (tertiary/aromatic N) is 3. The zero-order valence-electron chi connectivity index (χ0n) is 8.93. The van der Waals surface area contributed by atoms with E-state index in [1.807, 2.05) is 13.0 Å². The van der Waals surface area contributed by atoms with Crippen molar-refractivity contribution >= 4 is 5.82 Å². The Labute approximate surface area is 93.2 Å². The number of hydrogen-bond acceptors (Lipinski definition) is 6. The van der Waals surface area contributed by atoms with Crippen LogP contribution in [0.4, 0.5) is 5.82 Å². The van der Waals surface area contributed by atoms with Crippen molar-refractivity contribution in [2.24, 2.45) is 0 Å². The van der Waals surface area contributed by atoms with E-state index < -0.39 is 5.79 Å². The highest BCUT2D eigenvalue weighted by molar-refractivity contribution is 5.46. The molecule has 1 fully saturated rings. The summed E-state index contributed by atoms with van der Waals surface area (Å²) in [6.45, 7) is 3.45. The SMILES string of the molecule is CC1(CNc2nccnc2C#N)OCCO1. The molecule has 6 heteroatoms. The van der Waals surface area contributed by atoms with Crippen LogP contribution in [0.2, 0.25) is 0 Å². The highest BCUT2D eigenvalue weighted by Gasteiger charge is 2.30. The number of ether oxygens (including phenoxy) is 2. The second kappa shape index (κ2) is 4.43. The summed E-state index contributed by atoms with van der Waals surface area (Å²) in [6.07, 6.45) is 3.01. The second-order valence-electron chi connectivity index (χ2n) is 3.55. The van der Waals surface area contributed by atoms with Gasteiger partial charge in [-0.25, -0.2) is 9.97 Å². The van der Waals surface area contributed by atoms with Crippen LogP contribution < -0.4 is 5.32 Å². The Morgan fingerprint density at radius 3 is 2.81 bits per heavy atom. The highest BCUT2D eigenvalue weighted by atomic mass is 16.7. The third-order valence-electron chi connectivity index (χ3n) is 2.28. The van der Waals surface area contributed by atoms with Crippen LogP contribution in [0.25, 0.3) is 0 Å². The Bertz CT molecular complexity index is 410. The standard InChI is InChI=1S/C10H12N4O2/c1-10(15-4-5-16-10)7-14-9-8(6-11)12-2-3-13-9/h2-3H,4-5,7H2,1H3,(H,13,14). The summed E-state index contributed by atoms with van der Waals surface area (Å²) in [6, 6.07) is 1.97. The lowest BCUT2D eigenvalue weighted by atomic mass is 10.3. The monoisotopic (exact) mass is 220 g/mol. The van der Waals surface area contributed by atoms with E-state index in [0.29, 0.717) is 25.6 Å². The molecule has 1 saturated heterocycles. The molecule has 0 aliphatic carbocycles. The average molecular weight is 220 g/mol. The lowest BCUT2D eigenvalue weighted by molar-refractivity contribution is -0.129. The minimum Gasteiger partial charge on any atom is -0.362 e. The molecule has 0 atom stereocenters. The van der Waals surface area contributed by atoms with Gasteiger partial charge in [0, 0.05) is 12.4 Å². The average Bonchev–Trinajstić information content (AvgIpc) is 2.74. The van der Waals surface area contributed by atoms with E-state index in [4.69, 9.17) is 14.7 Å². The van der Waals surface area contributed by atoms with E-state index in [9.17, 15) is 0 Å². The maximum atomic E-state index is 8.82. The van der Waals surface area contributed by atoms with Crippen LogP contribution in [-0.2, 0) is 9.47 Å². The molecule has 0 unspecified atom stereocenters. The van der Waals surface area contributed by atoms with Crippen molar-refractivity contribution < 1.29 is 9.47 Å². The van der Waals surface area contributed by atoms with Gasteiger partial charge < -0.3 is 14.8 Å². The summed E-state index contributed by atoms with van der Waals surface area (Å²) in [5, 5.41) is 11.8. The smallest absolute Gasteiger partial charge is 0.182 e. The van der Waals surface area contributed by atoms with Crippen molar-refractivity contribution in [3.8, 4) is 6.07 Å². The number of nitrogens with one attached hydrogen (secondary N) is 1. The molecule has 0 spiro atoms. The molecule has 6 nitrogen and oxygen atoms in total. The van der Waals surface area contributed by atoms with Gasteiger partial charge in [0.25, 0.3) is 0 Å². The Morgan fingerprint density at radius 2 is 2.12 bits per heavy atom. The molecular formula is C10H12N4O2. The third-order valence-corrected chi connectivity index (χ3v) is 2.28. The van der Waals surface area contributed by atoms with Crippen LogP contribution in [0.3, 0.4) is 0 Å². The fourth-order valence-electron chi connectivity index (χ4n) is 1.45. The van der Waals surface area contributed by atoms with E-state index in [-0.39, 0.29) is 5.69 Å². The van der Waals surface area contributed by atoms with E-state index >= 15 is 0 Å². The van der Waals surface area contributed by atoms with Crippen molar-refractivity contribution in [2.75, 3.05) is 25.1 Å². The summed E-state index contributed by atoms with van der Waals surface area (Å²) in [5.41, 5.74) is 0.268. The number of hydrogen-bond donors (Lipinski definition) is 1. The molecule has 1 aliphatic heterocycles. The Hall–Kier alpha value is -1.71. The third kappa shape index (κ3) is 2.27. The summed E-state index contributed by atoms with van der Waals surface area (Å²) in [5.74, 6) is -0.199. The van der Waals surface area contributed by atoms with E-state index in [2.05, 4.69) is 15.3 Å². The first kappa shape index (κ1) is 10.8. The summed E-state index contributed by atoms with van der Waals surface area (Å²) < 4.78 is 10.8. The van der Waals surface area contributed by atoms with Crippen LogP contribution in [0.15, 0.2) is 12.4 Å². The molecule has 2 heterocycles. The highest BCUT2D eigenvalue weighted by Crippen LogP contribution is 2.19. The molecule has 16 heavy (non-hydrogen) atoms. The predicted molar refractivity (Wildman–Crippen MR) is 55.5 cm³/mol. The van der Waals surface area contributed by atoms with Crippen LogP contribution in [-0.4, -0.2) is 35.5 Å². The lowest BCUT2D eigenvalue weighted by Crippen LogP contribution is -2.35. The van der Waals surface area contributed by atoms with Gasteiger partial charge in [0.2, 0.25) is 0 Å². The number of anilines is 1. The van der Waals surface area contributed by atoms with Crippen LogP contribution in [0.5, 0.6) is 0 Å². The van der Waals surface area contributed by atoms with Gasteiger partial charge in [-0.3, -0.25) is 0 Å². The van der Waals surface area contributed by atoms with Crippen LogP contribution in [0, 0.1) is 11.3 Å². The molecule has 2 rings (SSSR count). The predicted octanol–water partition coefficient (Wildman–Crippen LogP) is 0.523. The maximum Gasteiger partial charge on any atom is 0.182 e. The van der Waals surface area contributed by atoms with Crippen molar-refractivity contribution in [3.05, 3.63) is 18.1 Å². The zero-order chi connectivity index (χ0) is 11.4. The number of aromatic nitrogens is 2. The van der Waals surface area contributed by atoms with Gasteiger partial charge in [0.1, 0.15) is 6.07 Å². The van der Waals surface area contributed by atoms with Crippen molar-refractivity contribution in [1.82, 2.24) is 9.97 Å². The van der Waals surface area contributed by atoms with Crippen molar-refractivity contribution in [2.45, 2.75) is 12.7 Å². The molecule has 1 aromatic rings. The van der Waals surface area contributed by atoms with E-state index in [1.165, 1.54) is 12.4 Å². The topological polar surface area (TPSA) is 80.1 Å². The molecule has 0 saturated carbocycles. The quantitative estimate of drug-likeness (QED) is 0.800. The van der Waals surface area contributed by atoms with Crippen LogP contribution in [0.1, 0.15) is 12.6 Å². The first-order valence-electron chi connectivity index (χ1n) is 4.96. The van der Waals surface area contributed by atoms with Gasteiger partial charge in [-0.15, -0.1) is 0 Å². The van der Waals surface area contributed by atoms with E-state index in [0.717, 1.165) is 0 Å². The lowest BCUT2D eigenvalue weighted by Gasteiger charge is -2.22. The summed E-state index contributed by atoms with van der Waals surface area (Å²) in [4.78, 5) is 7.93. The Morgan fingerprint density at radius 1 is 1.44 bits per heavy atom. The van der Waals surface area contributed by atoms with E-state index in [1.54, 1.807) is 0 Å². The molecule has 0 radical (unpaired) electrons. The molecule has 1 N–H and O–H groups in total. The summed E-state index contributed by atoms with van der Waals surface area (Å²) >= 11 is 0. The molecule has 1 aromatic heterocycles. The van der Waals surface area contributed by atoms with Gasteiger partial charge in [0.15, 0.2) is 17.3 Å². The van der Waals surface area contributed by atoms with Crippen molar-refractivity contribution in [1.29, 1.82) is 5.26 Å². The minimum atomic E-state index is -0.649. The fourth-order valence-corrected chi connectivity index (χ4v) is 1.45. The fraction of sp³-hybridized carbons (Fsp3) is 0.500. The van der Waals surface area contributed by atoms with Gasteiger partial charge in [0.05, 0.1) is 19.8 Å². The number of rotatable bonds is 3. The minimum absolute atomic E-state index is 0.268. The maximum absolute atomic E-state index is 8.82. The Balaban J connectivity index is 2.02. The normalized spacial score (nSPS) is 18.0. The van der Waals surface area contributed by atoms with Crippen LogP contribution >= 0.6 is 0 Å². The van der Waals surface area contributed by atoms with Crippen molar-refractivity contribution in [3.63, 3.8) is 0 Å². The molecule has 84 valence electrons. The molecule has 0 amide bonds. The van der Waals surface area contributed by atoms with Gasteiger partial charge >= 0.3 is 0 Å². The largest absolute Gasteiger partial charge is 0.362 e. The van der Waals surface area contributed by atoms with Gasteiger partial charge in [-0.05, 0) is 6.92 Å². The van der Waals surface area contributed by atoms with Gasteiger partial charge in [-0.1, -0.05) is 0 Å².